The second-order valence-corrected chi connectivity index (χ2v) is 7.09. The molecular weight excluding hydrogens is 348 g/mol. The molecule has 3 rings (SSSR count). The number of rotatable bonds is 4. The summed E-state index contributed by atoms with van der Waals surface area (Å²) in [6.07, 6.45) is 0. The van der Waals surface area contributed by atoms with Gasteiger partial charge in [0.25, 0.3) is 5.91 Å². The fourth-order valence-electron chi connectivity index (χ4n) is 2.77. The molecule has 0 bridgehead atoms. The summed E-state index contributed by atoms with van der Waals surface area (Å²) in [6.45, 7) is 6.24. The summed E-state index contributed by atoms with van der Waals surface area (Å²) < 4.78 is 0. The Bertz CT molecular complexity index is 963. The number of carbonyl (C=O) groups excluding carboxylic acids is 2. The summed E-state index contributed by atoms with van der Waals surface area (Å²) in [5.74, 6) is -0.207. The molecule has 7 heteroatoms. The van der Waals surface area contributed by atoms with Gasteiger partial charge in [0.2, 0.25) is 5.91 Å². The van der Waals surface area contributed by atoms with Crippen molar-refractivity contribution in [2.75, 3.05) is 11.1 Å². The van der Waals surface area contributed by atoms with Gasteiger partial charge in [-0.3, -0.25) is 9.59 Å². The predicted molar refractivity (Wildman–Crippen MR) is 100 cm³/mol. The number of nitrogens with one attached hydrogen (secondary N) is 2. The molecule has 0 atom stereocenters. The number of thioether (sulfide) groups is 1. The normalized spacial score (nSPS) is 12.3. The number of carbonyl (C=O) groups is 2. The SMILES string of the molecule is Cc1nc(SCC(=O)Nc2ccc3c(c2)C(=O)NC3)c(C#N)c(C)c1C. The van der Waals surface area contributed by atoms with Crippen molar-refractivity contribution < 1.29 is 9.59 Å². The lowest BCUT2D eigenvalue weighted by molar-refractivity contribution is -0.113. The predicted octanol–water partition coefficient (Wildman–Crippen LogP) is 2.85. The number of anilines is 1. The van der Waals surface area contributed by atoms with Crippen LogP contribution in [-0.4, -0.2) is 22.6 Å². The lowest BCUT2D eigenvalue weighted by Crippen LogP contribution is -2.15. The van der Waals surface area contributed by atoms with E-state index in [1.807, 2.05) is 26.8 Å². The van der Waals surface area contributed by atoms with E-state index in [4.69, 9.17) is 0 Å². The molecule has 2 N–H and O–H groups in total. The average molecular weight is 366 g/mol. The fourth-order valence-corrected chi connectivity index (χ4v) is 3.65. The van der Waals surface area contributed by atoms with E-state index in [2.05, 4.69) is 21.7 Å². The third-order valence-electron chi connectivity index (χ3n) is 4.49. The van der Waals surface area contributed by atoms with Gasteiger partial charge < -0.3 is 10.6 Å². The molecule has 132 valence electrons. The van der Waals surface area contributed by atoms with Crippen LogP contribution in [0.3, 0.4) is 0 Å². The second kappa shape index (κ2) is 7.18. The van der Waals surface area contributed by atoms with Gasteiger partial charge in [-0.05, 0) is 49.6 Å². The Morgan fingerprint density at radius 3 is 2.85 bits per heavy atom. The molecule has 0 unspecified atom stereocenters. The van der Waals surface area contributed by atoms with Gasteiger partial charge >= 0.3 is 0 Å². The third-order valence-corrected chi connectivity index (χ3v) is 5.47. The van der Waals surface area contributed by atoms with Crippen molar-refractivity contribution in [3.05, 3.63) is 51.7 Å². The third kappa shape index (κ3) is 3.41. The van der Waals surface area contributed by atoms with E-state index in [0.717, 1.165) is 22.4 Å². The highest BCUT2D eigenvalue weighted by molar-refractivity contribution is 8.00. The van der Waals surface area contributed by atoms with Crippen LogP contribution in [0.4, 0.5) is 5.69 Å². The Labute approximate surface area is 156 Å². The molecule has 1 aliphatic rings. The van der Waals surface area contributed by atoms with Crippen LogP contribution in [0.5, 0.6) is 0 Å². The largest absolute Gasteiger partial charge is 0.348 e. The first-order valence-electron chi connectivity index (χ1n) is 8.12. The van der Waals surface area contributed by atoms with Crippen molar-refractivity contribution in [1.82, 2.24) is 10.3 Å². The molecule has 0 saturated carbocycles. The molecule has 2 aromatic rings. The maximum atomic E-state index is 12.3. The van der Waals surface area contributed by atoms with Crippen molar-refractivity contribution in [2.45, 2.75) is 32.3 Å². The highest BCUT2D eigenvalue weighted by atomic mass is 32.2. The van der Waals surface area contributed by atoms with Gasteiger partial charge in [-0.1, -0.05) is 17.8 Å². The Balaban J connectivity index is 1.70. The monoisotopic (exact) mass is 366 g/mol. The zero-order chi connectivity index (χ0) is 18.8. The lowest BCUT2D eigenvalue weighted by atomic mass is 10.1. The smallest absolute Gasteiger partial charge is 0.251 e. The molecule has 0 spiro atoms. The van der Waals surface area contributed by atoms with E-state index < -0.39 is 0 Å². The minimum Gasteiger partial charge on any atom is -0.348 e. The van der Waals surface area contributed by atoms with Crippen LogP contribution in [0.15, 0.2) is 23.2 Å². The van der Waals surface area contributed by atoms with Crippen LogP contribution < -0.4 is 10.6 Å². The Hall–Kier alpha value is -2.85. The van der Waals surface area contributed by atoms with Gasteiger partial charge in [0.1, 0.15) is 11.1 Å². The number of pyridine rings is 1. The van der Waals surface area contributed by atoms with Crippen molar-refractivity contribution >= 4 is 29.3 Å². The number of fused-ring (bicyclic) bond motifs is 1. The van der Waals surface area contributed by atoms with Gasteiger partial charge in [0.15, 0.2) is 0 Å². The van der Waals surface area contributed by atoms with E-state index >= 15 is 0 Å². The number of aryl methyl sites for hydroxylation is 1. The van der Waals surface area contributed by atoms with Crippen LogP contribution in [-0.2, 0) is 11.3 Å². The summed E-state index contributed by atoms with van der Waals surface area (Å²) in [4.78, 5) is 28.4. The summed E-state index contributed by atoms with van der Waals surface area (Å²) in [6, 6.07) is 7.47. The molecular formula is C19H18N4O2S. The number of nitriles is 1. The van der Waals surface area contributed by atoms with E-state index in [1.54, 1.807) is 12.1 Å². The second-order valence-electron chi connectivity index (χ2n) is 6.13. The highest BCUT2D eigenvalue weighted by Crippen LogP contribution is 2.27. The first kappa shape index (κ1) is 18.0. The minimum absolute atomic E-state index is 0.126. The molecule has 26 heavy (non-hydrogen) atoms. The topological polar surface area (TPSA) is 94.9 Å². The van der Waals surface area contributed by atoms with E-state index in [-0.39, 0.29) is 17.6 Å². The number of nitrogens with zero attached hydrogens (tertiary/aromatic N) is 2. The van der Waals surface area contributed by atoms with E-state index in [0.29, 0.717) is 28.4 Å². The molecule has 0 fully saturated rings. The number of hydrogen-bond acceptors (Lipinski definition) is 5. The molecule has 2 heterocycles. The highest BCUT2D eigenvalue weighted by Gasteiger charge is 2.19. The van der Waals surface area contributed by atoms with Crippen LogP contribution in [0, 0.1) is 32.1 Å². The maximum Gasteiger partial charge on any atom is 0.251 e. The fraction of sp³-hybridized carbons (Fsp3) is 0.263. The zero-order valence-electron chi connectivity index (χ0n) is 14.8. The summed E-state index contributed by atoms with van der Waals surface area (Å²) in [5.41, 5.74) is 5.36. The Morgan fingerprint density at radius 1 is 1.35 bits per heavy atom. The van der Waals surface area contributed by atoms with Crippen LogP contribution in [0.25, 0.3) is 0 Å². The number of amides is 2. The maximum absolute atomic E-state index is 12.3. The average Bonchev–Trinajstić information content (AvgIpc) is 2.98. The minimum atomic E-state index is -0.213. The quantitative estimate of drug-likeness (QED) is 0.812. The van der Waals surface area contributed by atoms with E-state index in [9.17, 15) is 14.9 Å². The van der Waals surface area contributed by atoms with Gasteiger partial charge in [0.05, 0.1) is 11.3 Å². The molecule has 1 aromatic carbocycles. The lowest BCUT2D eigenvalue weighted by Gasteiger charge is -2.11. The molecule has 0 radical (unpaired) electrons. The molecule has 6 nitrogen and oxygen atoms in total. The van der Waals surface area contributed by atoms with Gasteiger partial charge in [0, 0.05) is 23.5 Å². The standard InChI is InChI=1S/C19H18N4O2S/c1-10-11(2)16(7-20)19(22-12(10)3)26-9-17(24)23-14-5-4-13-8-21-18(25)15(13)6-14/h4-6H,8-9H2,1-3H3,(H,21,25)(H,23,24). The van der Waals surface area contributed by atoms with Crippen molar-refractivity contribution in [1.29, 1.82) is 5.26 Å². The summed E-state index contributed by atoms with van der Waals surface area (Å²) in [7, 11) is 0. The van der Waals surface area contributed by atoms with Crippen LogP contribution in [0.1, 0.15) is 38.3 Å². The molecule has 1 aromatic heterocycles. The zero-order valence-corrected chi connectivity index (χ0v) is 15.6. The molecule has 1 aliphatic heterocycles. The number of hydrogen-bond donors (Lipinski definition) is 2. The first-order valence-corrected chi connectivity index (χ1v) is 9.11. The van der Waals surface area contributed by atoms with Crippen LogP contribution >= 0.6 is 11.8 Å². The molecule has 2 amide bonds. The number of benzene rings is 1. The number of aromatic nitrogens is 1. The Morgan fingerprint density at radius 2 is 2.12 bits per heavy atom. The summed E-state index contributed by atoms with van der Waals surface area (Å²) in [5, 5.41) is 15.5. The van der Waals surface area contributed by atoms with Crippen LogP contribution in [0.2, 0.25) is 0 Å². The first-order chi connectivity index (χ1) is 12.4. The summed E-state index contributed by atoms with van der Waals surface area (Å²) >= 11 is 1.24. The van der Waals surface area contributed by atoms with Gasteiger partial charge in [-0.2, -0.15) is 5.26 Å². The molecule has 0 aliphatic carbocycles. The van der Waals surface area contributed by atoms with E-state index in [1.165, 1.54) is 11.8 Å². The molecule has 0 saturated heterocycles. The van der Waals surface area contributed by atoms with Crippen molar-refractivity contribution in [2.24, 2.45) is 0 Å². The van der Waals surface area contributed by atoms with Gasteiger partial charge in [-0.25, -0.2) is 4.98 Å². The Kier molecular flexibility index (Phi) is 4.96. The van der Waals surface area contributed by atoms with Crippen molar-refractivity contribution in [3.63, 3.8) is 0 Å². The van der Waals surface area contributed by atoms with Crippen molar-refractivity contribution in [3.8, 4) is 6.07 Å². The van der Waals surface area contributed by atoms with Gasteiger partial charge in [-0.15, -0.1) is 0 Å².